The molecule has 1 amide bonds. The molecule has 4 aromatic rings. The Morgan fingerprint density at radius 1 is 1.03 bits per heavy atom. The predicted octanol–water partition coefficient (Wildman–Crippen LogP) is 5.61. The summed E-state index contributed by atoms with van der Waals surface area (Å²) >= 11 is 1.06. The number of carbonyl (C=O) groups excluding carboxylic acids is 2. The standard InChI is InChI=1S/C27H19FN4O4S/c1-2-35-23-15-17(8-13-22(23)36-26(34)19-9-11-21(28)12-10-19)14-20(16-29)25-31-32-27(37-25)30-24(33)18-6-4-3-5-7-18/h3-15H,2H2,1H3,(H,30,32,33). The van der Waals surface area contributed by atoms with Crippen molar-refractivity contribution in [1.29, 1.82) is 5.26 Å². The number of halogens is 1. The monoisotopic (exact) mass is 514 g/mol. The van der Waals surface area contributed by atoms with Gasteiger partial charge in [0.05, 0.1) is 17.7 Å². The Morgan fingerprint density at radius 2 is 1.78 bits per heavy atom. The Bertz CT molecular complexity index is 1500. The molecule has 10 heteroatoms. The van der Waals surface area contributed by atoms with E-state index < -0.39 is 11.8 Å². The highest BCUT2D eigenvalue weighted by atomic mass is 32.1. The molecule has 8 nitrogen and oxygen atoms in total. The summed E-state index contributed by atoms with van der Waals surface area (Å²) in [6, 6.07) is 20.5. The van der Waals surface area contributed by atoms with E-state index in [1.807, 2.05) is 6.07 Å². The number of rotatable bonds is 8. The first kappa shape index (κ1) is 25.2. The molecule has 0 atom stereocenters. The van der Waals surface area contributed by atoms with Crippen LogP contribution in [0.3, 0.4) is 0 Å². The van der Waals surface area contributed by atoms with Crippen LogP contribution in [-0.2, 0) is 0 Å². The fourth-order valence-corrected chi connectivity index (χ4v) is 3.87. The summed E-state index contributed by atoms with van der Waals surface area (Å²) in [5.74, 6) is -0.998. The van der Waals surface area contributed by atoms with Gasteiger partial charge < -0.3 is 9.47 Å². The van der Waals surface area contributed by atoms with E-state index in [0.717, 1.165) is 11.3 Å². The van der Waals surface area contributed by atoms with Crippen molar-refractivity contribution in [3.63, 3.8) is 0 Å². The quantitative estimate of drug-likeness (QED) is 0.185. The first-order chi connectivity index (χ1) is 18.0. The number of carbonyl (C=O) groups is 2. The van der Waals surface area contributed by atoms with E-state index in [-0.39, 0.29) is 33.7 Å². The third kappa shape index (κ3) is 6.42. The molecule has 4 rings (SSSR count). The second kappa shape index (κ2) is 11.7. The summed E-state index contributed by atoms with van der Waals surface area (Å²) in [7, 11) is 0. The van der Waals surface area contributed by atoms with Gasteiger partial charge in [0.25, 0.3) is 5.91 Å². The molecule has 37 heavy (non-hydrogen) atoms. The van der Waals surface area contributed by atoms with Gasteiger partial charge in [0.2, 0.25) is 5.13 Å². The van der Waals surface area contributed by atoms with Crippen molar-refractivity contribution in [2.24, 2.45) is 0 Å². The van der Waals surface area contributed by atoms with Crippen LogP contribution in [0.4, 0.5) is 9.52 Å². The lowest BCUT2D eigenvalue weighted by atomic mass is 10.1. The van der Waals surface area contributed by atoms with Crippen LogP contribution in [0.1, 0.15) is 38.2 Å². The molecule has 0 aliphatic heterocycles. The largest absolute Gasteiger partial charge is 0.490 e. The normalized spacial score (nSPS) is 10.9. The van der Waals surface area contributed by atoms with Gasteiger partial charge in [-0.05, 0) is 67.1 Å². The minimum atomic E-state index is -0.666. The summed E-state index contributed by atoms with van der Waals surface area (Å²) in [5.41, 5.74) is 1.47. The zero-order chi connectivity index (χ0) is 26.2. The second-order valence-electron chi connectivity index (χ2n) is 7.44. The van der Waals surface area contributed by atoms with Gasteiger partial charge >= 0.3 is 5.97 Å². The van der Waals surface area contributed by atoms with E-state index in [1.165, 1.54) is 24.3 Å². The number of aromatic nitrogens is 2. The van der Waals surface area contributed by atoms with Crippen LogP contribution >= 0.6 is 11.3 Å². The lowest BCUT2D eigenvalue weighted by Crippen LogP contribution is -2.11. The Balaban J connectivity index is 1.53. The lowest BCUT2D eigenvalue weighted by Gasteiger charge is -2.11. The summed E-state index contributed by atoms with van der Waals surface area (Å²) < 4.78 is 24.2. The van der Waals surface area contributed by atoms with E-state index in [4.69, 9.17) is 9.47 Å². The van der Waals surface area contributed by atoms with Crippen molar-refractivity contribution < 1.29 is 23.5 Å². The number of amides is 1. The predicted molar refractivity (Wildman–Crippen MR) is 137 cm³/mol. The highest BCUT2D eigenvalue weighted by Crippen LogP contribution is 2.32. The van der Waals surface area contributed by atoms with E-state index in [1.54, 1.807) is 55.5 Å². The van der Waals surface area contributed by atoms with Crippen LogP contribution in [0, 0.1) is 17.1 Å². The number of esters is 1. The van der Waals surface area contributed by atoms with Crippen LogP contribution < -0.4 is 14.8 Å². The maximum atomic E-state index is 13.1. The van der Waals surface area contributed by atoms with Crippen LogP contribution in [0.2, 0.25) is 0 Å². The summed E-state index contributed by atoms with van der Waals surface area (Å²) in [6.45, 7) is 2.08. The molecule has 0 fully saturated rings. The minimum absolute atomic E-state index is 0.175. The van der Waals surface area contributed by atoms with Gasteiger partial charge in [0.1, 0.15) is 11.9 Å². The molecule has 3 aromatic carbocycles. The van der Waals surface area contributed by atoms with Crippen LogP contribution in [0.5, 0.6) is 11.5 Å². The maximum Gasteiger partial charge on any atom is 0.343 e. The topological polar surface area (TPSA) is 114 Å². The van der Waals surface area contributed by atoms with Gasteiger partial charge in [-0.15, -0.1) is 10.2 Å². The Labute approximate surface area is 215 Å². The lowest BCUT2D eigenvalue weighted by molar-refractivity contribution is 0.0728. The van der Waals surface area contributed by atoms with Gasteiger partial charge in [-0.1, -0.05) is 35.6 Å². The fraction of sp³-hybridized carbons (Fsp3) is 0.0741. The Morgan fingerprint density at radius 3 is 2.49 bits per heavy atom. The molecule has 1 N–H and O–H groups in total. The van der Waals surface area contributed by atoms with Crippen LogP contribution in [-0.4, -0.2) is 28.7 Å². The van der Waals surface area contributed by atoms with Crippen molar-refractivity contribution >= 4 is 40.0 Å². The van der Waals surface area contributed by atoms with Crippen LogP contribution in [0.25, 0.3) is 11.6 Å². The zero-order valence-electron chi connectivity index (χ0n) is 19.5. The summed E-state index contributed by atoms with van der Waals surface area (Å²) in [4.78, 5) is 24.8. The van der Waals surface area contributed by atoms with Crippen molar-refractivity contribution in [3.05, 3.63) is 100 Å². The van der Waals surface area contributed by atoms with Gasteiger partial charge in [0.15, 0.2) is 16.5 Å². The number of benzene rings is 3. The van der Waals surface area contributed by atoms with Crippen molar-refractivity contribution in [2.45, 2.75) is 6.92 Å². The number of nitriles is 1. The highest BCUT2D eigenvalue weighted by Gasteiger charge is 2.16. The number of hydrogen-bond acceptors (Lipinski definition) is 8. The molecule has 0 spiro atoms. The maximum absolute atomic E-state index is 13.1. The molecular weight excluding hydrogens is 495 g/mol. The first-order valence-electron chi connectivity index (χ1n) is 11.0. The van der Waals surface area contributed by atoms with Crippen molar-refractivity contribution in [3.8, 4) is 17.6 Å². The highest BCUT2D eigenvalue weighted by molar-refractivity contribution is 7.16. The average molecular weight is 515 g/mol. The average Bonchev–Trinajstić information content (AvgIpc) is 3.37. The third-order valence-electron chi connectivity index (χ3n) is 4.89. The van der Waals surface area contributed by atoms with Gasteiger partial charge in [-0.3, -0.25) is 10.1 Å². The molecule has 0 saturated carbocycles. The number of allylic oxidation sites excluding steroid dienone is 1. The molecule has 1 aromatic heterocycles. The second-order valence-corrected chi connectivity index (χ2v) is 8.42. The molecule has 0 radical (unpaired) electrons. The SMILES string of the molecule is CCOc1cc(C=C(C#N)c2nnc(NC(=O)c3ccccc3)s2)ccc1OC(=O)c1ccc(F)cc1. The number of nitrogens with zero attached hydrogens (tertiary/aromatic N) is 3. The van der Waals surface area contributed by atoms with Crippen molar-refractivity contribution in [2.75, 3.05) is 11.9 Å². The Kier molecular flexibility index (Phi) is 7.98. The molecule has 0 bridgehead atoms. The van der Waals surface area contributed by atoms with Gasteiger partial charge in [0, 0.05) is 5.56 Å². The van der Waals surface area contributed by atoms with Gasteiger partial charge in [-0.2, -0.15) is 5.26 Å². The van der Waals surface area contributed by atoms with E-state index in [0.29, 0.717) is 22.7 Å². The number of ether oxygens (including phenoxy) is 2. The van der Waals surface area contributed by atoms with Gasteiger partial charge in [-0.25, -0.2) is 9.18 Å². The molecule has 0 saturated heterocycles. The van der Waals surface area contributed by atoms with E-state index in [9.17, 15) is 19.2 Å². The molecular formula is C27H19FN4O4S. The minimum Gasteiger partial charge on any atom is -0.490 e. The molecule has 1 heterocycles. The first-order valence-corrected chi connectivity index (χ1v) is 11.8. The summed E-state index contributed by atoms with van der Waals surface area (Å²) in [5, 5.41) is 20.9. The molecule has 184 valence electrons. The Hall–Kier alpha value is -4.88. The number of anilines is 1. The smallest absolute Gasteiger partial charge is 0.343 e. The van der Waals surface area contributed by atoms with E-state index in [2.05, 4.69) is 21.6 Å². The zero-order valence-corrected chi connectivity index (χ0v) is 20.3. The summed E-state index contributed by atoms with van der Waals surface area (Å²) in [6.07, 6.45) is 1.58. The fourth-order valence-electron chi connectivity index (χ4n) is 3.16. The van der Waals surface area contributed by atoms with E-state index >= 15 is 0 Å². The number of nitrogens with one attached hydrogen (secondary N) is 1. The molecule has 0 aliphatic rings. The van der Waals surface area contributed by atoms with Crippen molar-refractivity contribution in [1.82, 2.24) is 10.2 Å². The molecule has 0 aliphatic carbocycles. The molecule has 0 unspecified atom stereocenters. The third-order valence-corrected chi connectivity index (χ3v) is 5.77. The van der Waals surface area contributed by atoms with Crippen LogP contribution in [0.15, 0.2) is 72.8 Å². The number of hydrogen-bond donors (Lipinski definition) is 1.